The van der Waals surface area contributed by atoms with E-state index in [0.29, 0.717) is 5.82 Å². The number of nitrogens with two attached hydrogens (primary N) is 1. The second-order valence-corrected chi connectivity index (χ2v) is 6.79. The van der Waals surface area contributed by atoms with Crippen molar-refractivity contribution in [3.05, 3.63) is 11.4 Å². The highest BCUT2D eigenvalue weighted by atomic mass is 15.2. The highest BCUT2D eigenvalue weighted by molar-refractivity contribution is 5.55. The Morgan fingerprint density at radius 1 is 1.30 bits per heavy atom. The Balaban J connectivity index is 2.03. The molecule has 1 aromatic heterocycles. The van der Waals surface area contributed by atoms with E-state index in [1.54, 1.807) is 0 Å². The minimum atomic E-state index is -0.0942. The topological polar surface area (TPSA) is 67.1 Å². The number of nitrogens with zero attached hydrogens (tertiary/aromatic N) is 3. The molecule has 1 aliphatic rings. The minimum absolute atomic E-state index is 0.0942. The summed E-state index contributed by atoms with van der Waals surface area (Å²) in [5.74, 6) is 2.23. The van der Waals surface area contributed by atoms with Crippen LogP contribution < -0.4 is 11.1 Å². The molecule has 3 N–H and O–H groups in total. The molecular weight excluding hydrogens is 250 g/mol. The fourth-order valence-electron chi connectivity index (χ4n) is 2.09. The fraction of sp³-hybridized carbons (Fsp3) is 0.733. The van der Waals surface area contributed by atoms with Gasteiger partial charge < -0.3 is 16.0 Å². The first-order valence-electron chi connectivity index (χ1n) is 7.37. The van der Waals surface area contributed by atoms with Crippen LogP contribution >= 0.6 is 0 Å². The summed E-state index contributed by atoms with van der Waals surface area (Å²) in [6.07, 6.45) is 2.67. The van der Waals surface area contributed by atoms with Crippen molar-refractivity contribution in [3.8, 4) is 0 Å². The van der Waals surface area contributed by atoms with Gasteiger partial charge >= 0.3 is 0 Å². The molecule has 0 saturated heterocycles. The second kappa shape index (κ2) is 5.56. The van der Waals surface area contributed by atoms with Crippen molar-refractivity contribution in [1.82, 2.24) is 14.9 Å². The molecule has 0 bridgehead atoms. The van der Waals surface area contributed by atoms with Crippen LogP contribution in [0.4, 0.5) is 11.6 Å². The average molecular weight is 277 g/mol. The van der Waals surface area contributed by atoms with Crippen molar-refractivity contribution >= 4 is 11.6 Å². The average Bonchev–Trinajstić information content (AvgIpc) is 3.16. The van der Waals surface area contributed by atoms with Gasteiger partial charge in [-0.05, 0) is 26.8 Å². The molecule has 0 aliphatic heterocycles. The van der Waals surface area contributed by atoms with E-state index in [-0.39, 0.29) is 5.41 Å². The molecule has 2 rings (SSSR count). The summed E-state index contributed by atoms with van der Waals surface area (Å²) in [6.45, 7) is 10.2. The van der Waals surface area contributed by atoms with Gasteiger partial charge in [0.2, 0.25) is 0 Å². The molecule has 0 amide bonds. The zero-order valence-electron chi connectivity index (χ0n) is 13.3. The lowest BCUT2D eigenvalue weighted by Crippen LogP contribution is -2.28. The molecule has 0 unspecified atom stereocenters. The van der Waals surface area contributed by atoms with Gasteiger partial charge in [-0.15, -0.1) is 0 Å². The standard InChI is InChI=1S/C15H27N5/c1-10-12(16)18-14(15(2,3)4)19-13(10)17-8-9-20(5)11-6-7-11/h11H,6-9H2,1-5H3,(H3,16,17,18,19). The van der Waals surface area contributed by atoms with E-state index >= 15 is 0 Å². The van der Waals surface area contributed by atoms with Gasteiger partial charge in [0, 0.05) is 30.1 Å². The lowest BCUT2D eigenvalue weighted by Gasteiger charge is -2.21. The maximum absolute atomic E-state index is 6.01. The Morgan fingerprint density at radius 3 is 2.50 bits per heavy atom. The van der Waals surface area contributed by atoms with Crippen LogP contribution in [-0.4, -0.2) is 41.0 Å². The van der Waals surface area contributed by atoms with Gasteiger partial charge in [-0.2, -0.15) is 0 Å². The smallest absolute Gasteiger partial charge is 0.138 e. The van der Waals surface area contributed by atoms with Crippen LogP contribution in [0.15, 0.2) is 0 Å². The van der Waals surface area contributed by atoms with Crippen molar-refractivity contribution in [2.45, 2.75) is 52.0 Å². The van der Waals surface area contributed by atoms with Crippen LogP contribution in [-0.2, 0) is 5.41 Å². The Morgan fingerprint density at radius 2 is 1.95 bits per heavy atom. The summed E-state index contributed by atoms with van der Waals surface area (Å²) < 4.78 is 0. The number of likely N-dealkylation sites (N-methyl/N-ethyl adjacent to an activating group) is 1. The molecule has 0 atom stereocenters. The third kappa shape index (κ3) is 3.60. The van der Waals surface area contributed by atoms with Crippen LogP contribution in [0.5, 0.6) is 0 Å². The van der Waals surface area contributed by atoms with Gasteiger partial charge in [-0.1, -0.05) is 20.8 Å². The quantitative estimate of drug-likeness (QED) is 0.863. The largest absolute Gasteiger partial charge is 0.383 e. The number of hydrogen-bond acceptors (Lipinski definition) is 5. The van der Waals surface area contributed by atoms with E-state index in [1.807, 2.05) is 6.92 Å². The molecule has 20 heavy (non-hydrogen) atoms. The van der Waals surface area contributed by atoms with Gasteiger partial charge in [0.25, 0.3) is 0 Å². The molecule has 1 aliphatic carbocycles. The number of rotatable bonds is 5. The highest BCUT2D eigenvalue weighted by Crippen LogP contribution is 2.26. The van der Waals surface area contributed by atoms with Crippen molar-refractivity contribution in [2.24, 2.45) is 0 Å². The summed E-state index contributed by atoms with van der Waals surface area (Å²) in [6, 6.07) is 0.790. The fourth-order valence-corrected chi connectivity index (χ4v) is 2.09. The number of nitrogen functional groups attached to an aromatic ring is 1. The zero-order valence-corrected chi connectivity index (χ0v) is 13.3. The number of aromatic nitrogens is 2. The molecular formula is C15H27N5. The Labute approximate surface area is 122 Å². The second-order valence-electron chi connectivity index (χ2n) is 6.79. The molecule has 5 heteroatoms. The predicted octanol–water partition coefficient (Wildman–Crippen LogP) is 2.17. The first kappa shape index (κ1) is 15.0. The monoisotopic (exact) mass is 277 g/mol. The summed E-state index contributed by atoms with van der Waals surface area (Å²) in [5.41, 5.74) is 6.85. The molecule has 1 fully saturated rings. The molecule has 1 aromatic rings. The number of hydrogen-bond donors (Lipinski definition) is 2. The van der Waals surface area contributed by atoms with Crippen molar-refractivity contribution in [2.75, 3.05) is 31.2 Å². The van der Waals surface area contributed by atoms with Crippen molar-refractivity contribution in [1.29, 1.82) is 0 Å². The van der Waals surface area contributed by atoms with Crippen LogP contribution in [0.2, 0.25) is 0 Å². The van der Waals surface area contributed by atoms with Gasteiger partial charge in [0.05, 0.1) is 0 Å². The molecule has 1 saturated carbocycles. The summed E-state index contributed by atoms with van der Waals surface area (Å²) in [7, 11) is 2.18. The lowest BCUT2D eigenvalue weighted by molar-refractivity contribution is 0.337. The van der Waals surface area contributed by atoms with Gasteiger partial charge in [0.1, 0.15) is 17.5 Å². The van der Waals surface area contributed by atoms with E-state index in [0.717, 1.165) is 36.3 Å². The van der Waals surface area contributed by atoms with Crippen LogP contribution in [0, 0.1) is 6.92 Å². The third-order valence-electron chi connectivity index (χ3n) is 3.78. The minimum Gasteiger partial charge on any atom is -0.383 e. The molecule has 0 radical (unpaired) electrons. The highest BCUT2D eigenvalue weighted by Gasteiger charge is 2.25. The van der Waals surface area contributed by atoms with E-state index in [9.17, 15) is 0 Å². The van der Waals surface area contributed by atoms with Gasteiger partial charge in [-0.25, -0.2) is 9.97 Å². The van der Waals surface area contributed by atoms with Crippen LogP contribution in [0.1, 0.15) is 45.0 Å². The van der Waals surface area contributed by atoms with E-state index in [1.165, 1.54) is 12.8 Å². The van der Waals surface area contributed by atoms with Crippen LogP contribution in [0.25, 0.3) is 0 Å². The number of anilines is 2. The third-order valence-corrected chi connectivity index (χ3v) is 3.78. The first-order valence-corrected chi connectivity index (χ1v) is 7.37. The Bertz CT molecular complexity index is 474. The van der Waals surface area contributed by atoms with Gasteiger partial charge in [0.15, 0.2) is 0 Å². The van der Waals surface area contributed by atoms with Crippen molar-refractivity contribution < 1.29 is 0 Å². The molecule has 1 heterocycles. The van der Waals surface area contributed by atoms with E-state index in [2.05, 4.69) is 48.0 Å². The predicted molar refractivity (Wildman–Crippen MR) is 84.0 cm³/mol. The zero-order chi connectivity index (χ0) is 14.9. The maximum atomic E-state index is 6.01. The molecule has 112 valence electrons. The Hall–Kier alpha value is -1.36. The molecule has 0 spiro atoms. The summed E-state index contributed by atoms with van der Waals surface area (Å²) >= 11 is 0. The van der Waals surface area contributed by atoms with E-state index in [4.69, 9.17) is 5.73 Å². The Kier molecular flexibility index (Phi) is 4.18. The summed E-state index contributed by atoms with van der Waals surface area (Å²) in [4.78, 5) is 11.4. The first-order chi connectivity index (χ1) is 9.29. The van der Waals surface area contributed by atoms with Crippen LogP contribution in [0.3, 0.4) is 0 Å². The lowest BCUT2D eigenvalue weighted by atomic mass is 9.95. The SMILES string of the molecule is Cc1c(N)nc(C(C)(C)C)nc1NCCN(C)C1CC1. The molecule has 0 aromatic carbocycles. The summed E-state index contributed by atoms with van der Waals surface area (Å²) in [5, 5.41) is 3.41. The number of nitrogens with one attached hydrogen (secondary N) is 1. The van der Waals surface area contributed by atoms with E-state index < -0.39 is 0 Å². The van der Waals surface area contributed by atoms with Crippen molar-refractivity contribution in [3.63, 3.8) is 0 Å². The molecule has 5 nitrogen and oxygen atoms in total. The maximum Gasteiger partial charge on any atom is 0.138 e. The van der Waals surface area contributed by atoms with Gasteiger partial charge in [-0.3, -0.25) is 0 Å². The normalized spacial score (nSPS) is 15.7.